The molecule has 16 heavy (non-hydrogen) atoms. The maximum atomic E-state index is 10.6. The van der Waals surface area contributed by atoms with E-state index in [2.05, 4.69) is 9.97 Å². The van der Waals surface area contributed by atoms with E-state index in [9.17, 15) is 4.79 Å². The molecule has 1 unspecified atom stereocenters. The predicted octanol–water partition coefficient (Wildman–Crippen LogP) is 2.11. The highest BCUT2D eigenvalue weighted by Crippen LogP contribution is 2.22. The van der Waals surface area contributed by atoms with E-state index in [4.69, 9.17) is 9.52 Å². The molecule has 1 atom stereocenters. The molecular weight excluding hydrogens is 208 g/mol. The summed E-state index contributed by atoms with van der Waals surface area (Å²) >= 11 is 0. The van der Waals surface area contributed by atoms with Crippen LogP contribution in [0.4, 0.5) is 0 Å². The molecule has 0 spiro atoms. The standard InChI is InChI=1S/C11H12N2O3/c1-6(3-10(14)15)8-4-9-11(12-5-8)16-7(2)13-9/h4-6H,3H2,1-2H3,(H,14,15). The van der Waals surface area contributed by atoms with Gasteiger partial charge in [0.25, 0.3) is 0 Å². The van der Waals surface area contributed by atoms with E-state index in [0.717, 1.165) is 5.56 Å². The molecule has 2 aromatic heterocycles. The van der Waals surface area contributed by atoms with Crippen molar-refractivity contribution < 1.29 is 14.3 Å². The topological polar surface area (TPSA) is 76.2 Å². The third kappa shape index (κ3) is 2.03. The van der Waals surface area contributed by atoms with E-state index in [0.29, 0.717) is 17.1 Å². The molecule has 0 aliphatic rings. The van der Waals surface area contributed by atoms with E-state index in [-0.39, 0.29) is 12.3 Å². The highest BCUT2D eigenvalue weighted by Gasteiger charge is 2.12. The molecule has 5 heteroatoms. The Hall–Kier alpha value is -1.91. The van der Waals surface area contributed by atoms with Crippen LogP contribution >= 0.6 is 0 Å². The van der Waals surface area contributed by atoms with Crippen LogP contribution in [0.15, 0.2) is 16.7 Å². The monoisotopic (exact) mass is 220 g/mol. The second-order valence-electron chi connectivity index (χ2n) is 3.82. The minimum Gasteiger partial charge on any atom is -0.481 e. The second-order valence-corrected chi connectivity index (χ2v) is 3.82. The predicted molar refractivity (Wildman–Crippen MR) is 57.2 cm³/mol. The zero-order valence-corrected chi connectivity index (χ0v) is 9.10. The van der Waals surface area contributed by atoms with E-state index in [1.54, 1.807) is 13.1 Å². The van der Waals surface area contributed by atoms with Crippen molar-refractivity contribution in [2.45, 2.75) is 26.2 Å². The van der Waals surface area contributed by atoms with Gasteiger partial charge in [-0.3, -0.25) is 4.79 Å². The summed E-state index contributed by atoms with van der Waals surface area (Å²) in [5.41, 5.74) is 2.03. The lowest BCUT2D eigenvalue weighted by atomic mass is 10.00. The highest BCUT2D eigenvalue weighted by atomic mass is 16.4. The lowest BCUT2D eigenvalue weighted by Crippen LogP contribution is -2.03. The fraction of sp³-hybridized carbons (Fsp3) is 0.364. The van der Waals surface area contributed by atoms with Crippen molar-refractivity contribution in [3.8, 4) is 0 Å². The van der Waals surface area contributed by atoms with Crippen LogP contribution in [0.3, 0.4) is 0 Å². The van der Waals surface area contributed by atoms with Gasteiger partial charge in [-0.05, 0) is 17.5 Å². The van der Waals surface area contributed by atoms with Gasteiger partial charge in [0.05, 0.1) is 6.42 Å². The molecule has 0 aromatic carbocycles. The van der Waals surface area contributed by atoms with Crippen LogP contribution < -0.4 is 0 Å². The average molecular weight is 220 g/mol. The molecular formula is C11H12N2O3. The third-order valence-electron chi connectivity index (χ3n) is 2.43. The quantitative estimate of drug-likeness (QED) is 0.857. The van der Waals surface area contributed by atoms with Gasteiger partial charge in [0.1, 0.15) is 5.52 Å². The number of carboxylic acids is 1. The minimum absolute atomic E-state index is 0.0774. The lowest BCUT2D eigenvalue weighted by Gasteiger charge is -2.07. The van der Waals surface area contributed by atoms with Gasteiger partial charge < -0.3 is 9.52 Å². The van der Waals surface area contributed by atoms with Crippen molar-refractivity contribution in [3.63, 3.8) is 0 Å². The van der Waals surface area contributed by atoms with Crippen LogP contribution in [0.2, 0.25) is 0 Å². The summed E-state index contributed by atoms with van der Waals surface area (Å²) in [4.78, 5) is 18.9. The first-order valence-electron chi connectivity index (χ1n) is 5.01. The number of carbonyl (C=O) groups is 1. The third-order valence-corrected chi connectivity index (χ3v) is 2.43. The summed E-state index contributed by atoms with van der Waals surface area (Å²) in [7, 11) is 0. The van der Waals surface area contributed by atoms with Gasteiger partial charge in [-0.15, -0.1) is 0 Å². The number of aromatic nitrogens is 2. The van der Waals surface area contributed by atoms with Gasteiger partial charge >= 0.3 is 5.97 Å². The van der Waals surface area contributed by atoms with Crippen LogP contribution in [0.25, 0.3) is 11.2 Å². The van der Waals surface area contributed by atoms with Gasteiger partial charge in [-0.2, -0.15) is 0 Å². The Morgan fingerprint density at radius 1 is 1.62 bits per heavy atom. The van der Waals surface area contributed by atoms with Gasteiger partial charge in [0.15, 0.2) is 5.89 Å². The molecule has 1 N–H and O–H groups in total. The number of hydrogen-bond donors (Lipinski definition) is 1. The summed E-state index contributed by atoms with van der Waals surface area (Å²) in [6, 6.07) is 1.83. The van der Waals surface area contributed by atoms with Gasteiger partial charge in [0, 0.05) is 13.1 Å². The van der Waals surface area contributed by atoms with Crippen molar-refractivity contribution >= 4 is 17.2 Å². The van der Waals surface area contributed by atoms with E-state index >= 15 is 0 Å². The normalized spacial score (nSPS) is 12.9. The molecule has 0 bridgehead atoms. The number of oxazole rings is 1. The Morgan fingerprint density at radius 3 is 3.06 bits per heavy atom. The Labute approximate surface area is 92.1 Å². The van der Waals surface area contributed by atoms with Crippen LogP contribution in [-0.2, 0) is 4.79 Å². The van der Waals surface area contributed by atoms with Crippen molar-refractivity contribution in [1.29, 1.82) is 0 Å². The Balaban J connectivity index is 2.34. The van der Waals surface area contributed by atoms with Crippen LogP contribution in [0.1, 0.15) is 30.7 Å². The summed E-state index contributed by atoms with van der Waals surface area (Å²) in [5, 5.41) is 8.71. The largest absolute Gasteiger partial charge is 0.481 e. The van der Waals surface area contributed by atoms with Crippen molar-refractivity contribution in [2.75, 3.05) is 0 Å². The molecule has 0 radical (unpaired) electrons. The van der Waals surface area contributed by atoms with Gasteiger partial charge in [0.2, 0.25) is 5.71 Å². The summed E-state index contributed by atoms with van der Waals surface area (Å²) in [5.74, 6) is -0.333. The Kier molecular flexibility index (Phi) is 2.60. The molecule has 0 aliphatic carbocycles. The van der Waals surface area contributed by atoms with Gasteiger partial charge in [-0.1, -0.05) is 6.92 Å². The molecule has 84 valence electrons. The van der Waals surface area contributed by atoms with E-state index < -0.39 is 5.97 Å². The van der Waals surface area contributed by atoms with Crippen LogP contribution in [-0.4, -0.2) is 21.0 Å². The summed E-state index contributed by atoms with van der Waals surface area (Å²) in [6.07, 6.45) is 1.73. The number of hydrogen-bond acceptors (Lipinski definition) is 4. The molecule has 0 fully saturated rings. The maximum absolute atomic E-state index is 10.6. The smallest absolute Gasteiger partial charge is 0.303 e. The molecule has 2 aromatic rings. The number of aryl methyl sites for hydroxylation is 1. The zero-order chi connectivity index (χ0) is 11.7. The maximum Gasteiger partial charge on any atom is 0.303 e. The average Bonchev–Trinajstić information content (AvgIpc) is 2.55. The summed E-state index contributed by atoms with van der Waals surface area (Å²) < 4.78 is 5.25. The first-order chi connectivity index (χ1) is 7.56. The number of carboxylic acid groups (broad SMARTS) is 1. The van der Waals surface area contributed by atoms with Crippen molar-refractivity contribution in [2.24, 2.45) is 0 Å². The Morgan fingerprint density at radius 2 is 2.38 bits per heavy atom. The highest BCUT2D eigenvalue weighted by molar-refractivity contribution is 5.70. The number of aliphatic carboxylic acids is 1. The number of nitrogens with zero attached hydrogens (tertiary/aromatic N) is 2. The first kappa shape index (κ1) is 10.6. The van der Waals surface area contributed by atoms with E-state index in [1.807, 2.05) is 13.0 Å². The van der Waals surface area contributed by atoms with Crippen molar-refractivity contribution in [3.05, 3.63) is 23.7 Å². The van der Waals surface area contributed by atoms with Crippen LogP contribution in [0, 0.1) is 6.92 Å². The SMILES string of the molecule is Cc1nc2cc(C(C)CC(=O)O)cnc2o1. The Bertz CT molecular complexity index is 533. The minimum atomic E-state index is -0.816. The lowest BCUT2D eigenvalue weighted by molar-refractivity contribution is -0.137. The van der Waals surface area contributed by atoms with Crippen molar-refractivity contribution in [1.82, 2.24) is 9.97 Å². The second kappa shape index (κ2) is 3.92. The van der Waals surface area contributed by atoms with Gasteiger partial charge in [-0.25, -0.2) is 9.97 Å². The number of pyridine rings is 1. The molecule has 0 saturated carbocycles. The first-order valence-corrected chi connectivity index (χ1v) is 5.01. The fourth-order valence-corrected chi connectivity index (χ4v) is 1.60. The molecule has 2 rings (SSSR count). The number of rotatable bonds is 3. The number of fused-ring (bicyclic) bond motifs is 1. The summed E-state index contributed by atoms with van der Waals surface area (Å²) in [6.45, 7) is 3.60. The molecule has 5 nitrogen and oxygen atoms in total. The molecule has 0 aliphatic heterocycles. The molecule has 0 saturated heterocycles. The van der Waals surface area contributed by atoms with Crippen LogP contribution in [0.5, 0.6) is 0 Å². The zero-order valence-electron chi connectivity index (χ0n) is 9.10. The fourth-order valence-electron chi connectivity index (χ4n) is 1.60. The molecule has 2 heterocycles. The van der Waals surface area contributed by atoms with E-state index in [1.165, 1.54) is 0 Å². The molecule has 0 amide bonds.